The fraction of sp³-hybridized carbons (Fsp3) is 0.206. The summed E-state index contributed by atoms with van der Waals surface area (Å²) >= 11 is 0. The summed E-state index contributed by atoms with van der Waals surface area (Å²) in [6.45, 7) is 8.31. The quantitative estimate of drug-likeness (QED) is 0.0947. The van der Waals surface area contributed by atoms with Crippen molar-refractivity contribution in [2.75, 3.05) is 6.61 Å². The van der Waals surface area contributed by atoms with Crippen LogP contribution in [0.15, 0.2) is 88.8 Å². The first-order valence-corrected chi connectivity index (χ1v) is 14.2. The molecule has 5 aromatic rings. The molecule has 224 valence electrons. The summed E-state index contributed by atoms with van der Waals surface area (Å²) < 4.78 is 26.7. The Morgan fingerprint density at radius 3 is 2.50 bits per heavy atom. The molecule has 0 saturated carbocycles. The largest absolute Gasteiger partial charge is 0.494 e. The van der Waals surface area contributed by atoms with Crippen molar-refractivity contribution < 1.29 is 18.8 Å². The van der Waals surface area contributed by atoms with E-state index in [4.69, 9.17) is 14.5 Å². The van der Waals surface area contributed by atoms with Crippen LogP contribution in [0.4, 0.5) is 10.1 Å². The first kappa shape index (κ1) is 30.1. The smallest absolute Gasteiger partial charge is 0.311 e. The molecule has 10 heteroatoms. The molecule has 5 rings (SSSR count). The van der Waals surface area contributed by atoms with Crippen molar-refractivity contribution in [1.82, 2.24) is 9.66 Å². The minimum Gasteiger partial charge on any atom is -0.494 e. The van der Waals surface area contributed by atoms with Crippen molar-refractivity contribution in [3.8, 4) is 22.9 Å². The zero-order valence-corrected chi connectivity index (χ0v) is 24.8. The van der Waals surface area contributed by atoms with Gasteiger partial charge in [-0.3, -0.25) is 14.9 Å². The van der Waals surface area contributed by atoms with Gasteiger partial charge in [0.05, 0.1) is 28.6 Å². The van der Waals surface area contributed by atoms with E-state index in [2.05, 4.69) is 18.9 Å². The normalized spacial score (nSPS) is 11.4. The Hall–Kier alpha value is -5.38. The lowest BCUT2D eigenvalue weighted by Crippen LogP contribution is -2.21. The lowest BCUT2D eigenvalue weighted by atomic mass is 9.96. The Morgan fingerprint density at radius 1 is 1.02 bits per heavy atom. The maximum atomic E-state index is 14.0. The van der Waals surface area contributed by atoms with Crippen molar-refractivity contribution >= 4 is 22.8 Å². The van der Waals surface area contributed by atoms with Crippen molar-refractivity contribution in [3.05, 3.63) is 127 Å². The molecule has 1 aromatic heterocycles. The first-order valence-electron chi connectivity index (χ1n) is 14.2. The predicted molar refractivity (Wildman–Crippen MR) is 168 cm³/mol. The molecule has 0 unspecified atom stereocenters. The molecule has 0 N–H and O–H groups in total. The van der Waals surface area contributed by atoms with Crippen LogP contribution in [0.1, 0.15) is 48.9 Å². The lowest BCUT2D eigenvalue weighted by molar-refractivity contribution is -0.386. The molecule has 0 atom stereocenters. The summed E-state index contributed by atoms with van der Waals surface area (Å²) in [5.41, 5.74) is 2.95. The second-order valence-corrected chi connectivity index (χ2v) is 10.5. The zero-order valence-electron chi connectivity index (χ0n) is 24.8. The number of fused-ring (bicyclic) bond motifs is 1. The molecule has 1 heterocycles. The van der Waals surface area contributed by atoms with Gasteiger partial charge in [-0.2, -0.15) is 9.78 Å². The molecule has 9 nitrogen and oxygen atoms in total. The molecular weight excluding hydrogens is 563 g/mol. The van der Waals surface area contributed by atoms with E-state index in [1.54, 1.807) is 42.5 Å². The summed E-state index contributed by atoms with van der Waals surface area (Å²) in [5, 5.41) is 16.8. The number of hydrogen-bond acceptors (Lipinski definition) is 7. The van der Waals surface area contributed by atoms with Crippen LogP contribution in [0, 0.1) is 22.9 Å². The van der Waals surface area contributed by atoms with Crippen LogP contribution >= 0.6 is 0 Å². The Bertz CT molecular complexity index is 1950. The van der Waals surface area contributed by atoms with E-state index in [9.17, 15) is 19.3 Å². The van der Waals surface area contributed by atoms with E-state index in [-0.39, 0.29) is 35.1 Å². The maximum absolute atomic E-state index is 14.0. The van der Waals surface area contributed by atoms with Gasteiger partial charge < -0.3 is 9.47 Å². The number of ether oxygens (including phenoxy) is 2. The SMILES string of the molecule is CCOc1cc(C)c(-c2nc3ccccc3c(=O)n2N=Cc2ccc(OCc3ccccc3F)c([N+](=O)[O-])c2)cc1C(C)C. The van der Waals surface area contributed by atoms with Crippen LogP contribution < -0.4 is 15.0 Å². The van der Waals surface area contributed by atoms with Gasteiger partial charge in [0, 0.05) is 22.8 Å². The monoisotopic (exact) mass is 594 g/mol. The number of nitro benzene ring substituents is 1. The molecule has 0 bridgehead atoms. The van der Waals surface area contributed by atoms with Crippen LogP contribution in [0.3, 0.4) is 0 Å². The van der Waals surface area contributed by atoms with Gasteiger partial charge in [-0.25, -0.2) is 9.37 Å². The van der Waals surface area contributed by atoms with Gasteiger partial charge in [0.15, 0.2) is 11.6 Å². The number of benzene rings is 4. The molecule has 0 radical (unpaired) electrons. The molecule has 0 spiro atoms. The fourth-order valence-corrected chi connectivity index (χ4v) is 4.85. The maximum Gasteiger partial charge on any atom is 0.311 e. The van der Waals surface area contributed by atoms with Gasteiger partial charge in [-0.1, -0.05) is 44.2 Å². The van der Waals surface area contributed by atoms with Gasteiger partial charge in [0.25, 0.3) is 5.56 Å². The van der Waals surface area contributed by atoms with E-state index in [1.165, 1.54) is 29.1 Å². The summed E-state index contributed by atoms with van der Waals surface area (Å²) in [4.78, 5) is 29.9. The average Bonchev–Trinajstić information content (AvgIpc) is 3.00. The van der Waals surface area contributed by atoms with Gasteiger partial charge in [-0.15, -0.1) is 0 Å². The van der Waals surface area contributed by atoms with Gasteiger partial charge in [-0.05, 0) is 73.4 Å². The zero-order chi connectivity index (χ0) is 31.4. The van der Waals surface area contributed by atoms with E-state index < -0.39 is 10.7 Å². The van der Waals surface area contributed by atoms with Crippen LogP contribution in [0.5, 0.6) is 11.5 Å². The fourth-order valence-electron chi connectivity index (χ4n) is 4.85. The Balaban J connectivity index is 1.59. The summed E-state index contributed by atoms with van der Waals surface area (Å²) in [6, 6.07) is 21.3. The number of nitrogens with zero attached hydrogens (tertiary/aromatic N) is 4. The minimum atomic E-state index is -0.583. The number of aromatic nitrogens is 2. The van der Waals surface area contributed by atoms with Crippen LogP contribution in [0.25, 0.3) is 22.3 Å². The molecule has 0 amide bonds. The van der Waals surface area contributed by atoms with Crippen molar-refractivity contribution in [1.29, 1.82) is 0 Å². The predicted octanol–water partition coefficient (Wildman–Crippen LogP) is 7.40. The molecule has 0 aliphatic carbocycles. The number of para-hydroxylation sites is 1. The molecule has 0 saturated heterocycles. The van der Waals surface area contributed by atoms with Crippen LogP contribution in [-0.4, -0.2) is 27.4 Å². The number of aryl methyl sites for hydroxylation is 1. The minimum absolute atomic E-state index is 0.0214. The third-order valence-electron chi connectivity index (χ3n) is 7.12. The third kappa shape index (κ3) is 6.19. The average molecular weight is 595 g/mol. The Kier molecular flexibility index (Phi) is 8.80. The molecule has 4 aromatic carbocycles. The van der Waals surface area contributed by atoms with Gasteiger partial charge in [0.2, 0.25) is 0 Å². The number of rotatable bonds is 10. The molecule has 0 aliphatic rings. The topological polar surface area (TPSA) is 109 Å². The summed E-state index contributed by atoms with van der Waals surface area (Å²) in [5.74, 6) is 0.747. The number of hydrogen-bond donors (Lipinski definition) is 0. The van der Waals surface area contributed by atoms with Crippen molar-refractivity contribution in [2.45, 2.75) is 40.2 Å². The second kappa shape index (κ2) is 12.9. The van der Waals surface area contributed by atoms with E-state index in [0.717, 1.165) is 16.9 Å². The van der Waals surface area contributed by atoms with Crippen LogP contribution in [-0.2, 0) is 6.61 Å². The number of halogens is 1. The third-order valence-corrected chi connectivity index (χ3v) is 7.12. The highest BCUT2D eigenvalue weighted by atomic mass is 19.1. The van der Waals surface area contributed by atoms with E-state index in [0.29, 0.717) is 34.5 Å². The van der Waals surface area contributed by atoms with Gasteiger partial charge >= 0.3 is 5.69 Å². The Morgan fingerprint density at radius 2 is 1.77 bits per heavy atom. The highest BCUT2D eigenvalue weighted by molar-refractivity contribution is 5.83. The van der Waals surface area contributed by atoms with Crippen molar-refractivity contribution in [3.63, 3.8) is 0 Å². The molecular formula is C34H31FN4O5. The number of nitro groups is 1. The highest BCUT2D eigenvalue weighted by Gasteiger charge is 2.20. The summed E-state index contributed by atoms with van der Waals surface area (Å²) in [7, 11) is 0. The molecule has 0 fully saturated rings. The highest BCUT2D eigenvalue weighted by Crippen LogP contribution is 2.34. The van der Waals surface area contributed by atoms with Crippen LogP contribution in [0.2, 0.25) is 0 Å². The lowest BCUT2D eigenvalue weighted by Gasteiger charge is -2.18. The molecule has 44 heavy (non-hydrogen) atoms. The second-order valence-electron chi connectivity index (χ2n) is 10.5. The standard InChI is InChI=1S/C34H31FN4O5/c1-5-43-32-16-22(4)27(18-26(32)21(2)3)33-37-29-13-9-7-11-25(29)34(40)38(33)36-19-23-14-15-31(30(17-23)39(41)42)44-20-24-10-6-8-12-28(24)35/h6-19,21H,5,20H2,1-4H3. The van der Waals surface area contributed by atoms with Crippen molar-refractivity contribution in [2.24, 2.45) is 5.10 Å². The van der Waals surface area contributed by atoms with Gasteiger partial charge in [0.1, 0.15) is 18.2 Å². The summed E-state index contributed by atoms with van der Waals surface area (Å²) in [6.07, 6.45) is 1.36. The Labute approximate surface area is 253 Å². The first-order chi connectivity index (χ1) is 21.2. The van der Waals surface area contributed by atoms with E-state index >= 15 is 0 Å². The van der Waals surface area contributed by atoms with E-state index in [1.807, 2.05) is 32.0 Å². The molecule has 0 aliphatic heterocycles.